The van der Waals surface area contributed by atoms with E-state index >= 15 is 0 Å². The molecule has 4 nitrogen and oxygen atoms in total. The molecule has 0 aliphatic heterocycles. The van der Waals surface area contributed by atoms with Crippen LogP contribution in [0.4, 0.5) is 0 Å². The molecule has 1 fully saturated rings. The first-order chi connectivity index (χ1) is 13.6. The average Bonchev–Trinajstić information content (AvgIpc) is 3.44. The monoisotopic (exact) mass is 496 g/mol. The standard InChI is InChI=1S/C22H28O4SSeSi/c1-5-26-21(23)22(27(24,25)17-12-8-6-9-13-17)16-19(22)20(29(2,3)4)28-18-14-10-7-11-15-18/h6-15,19-20H,5,16H2,1-4H3/t19-,20+,22+/m0/s1. The topological polar surface area (TPSA) is 60.4 Å². The molecule has 2 aromatic carbocycles. The van der Waals surface area contributed by atoms with Crippen molar-refractivity contribution < 1.29 is 17.9 Å². The van der Waals surface area contributed by atoms with Crippen LogP contribution in [-0.4, -0.2) is 48.8 Å². The van der Waals surface area contributed by atoms with Crippen molar-refractivity contribution in [2.45, 2.75) is 47.1 Å². The normalized spacial score (nSPS) is 22.7. The van der Waals surface area contributed by atoms with Crippen molar-refractivity contribution in [2.24, 2.45) is 5.92 Å². The zero-order chi connectivity index (χ0) is 21.3. The van der Waals surface area contributed by atoms with Gasteiger partial charge in [0.1, 0.15) is 0 Å². The molecule has 1 saturated carbocycles. The molecule has 2 aromatic rings. The van der Waals surface area contributed by atoms with Gasteiger partial charge in [-0.05, 0) is 0 Å². The van der Waals surface area contributed by atoms with Gasteiger partial charge in [0.25, 0.3) is 0 Å². The van der Waals surface area contributed by atoms with Gasteiger partial charge in [-0.15, -0.1) is 0 Å². The second kappa shape index (κ2) is 8.38. The van der Waals surface area contributed by atoms with Gasteiger partial charge in [-0.2, -0.15) is 0 Å². The molecule has 0 spiro atoms. The molecule has 0 saturated heterocycles. The fourth-order valence-corrected chi connectivity index (χ4v) is 13.5. The van der Waals surface area contributed by atoms with Crippen molar-refractivity contribution in [1.82, 2.24) is 0 Å². The maximum atomic E-state index is 13.6. The van der Waals surface area contributed by atoms with Gasteiger partial charge in [0, 0.05) is 0 Å². The number of sulfone groups is 1. The van der Waals surface area contributed by atoms with Gasteiger partial charge in [-0.1, -0.05) is 0 Å². The summed E-state index contributed by atoms with van der Waals surface area (Å²) in [6, 6.07) is 18.6. The van der Waals surface area contributed by atoms with E-state index in [1.165, 1.54) is 4.46 Å². The predicted molar refractivity (Wildman–Crippen MR) is 120 cm³/mol. The van der Waals surface area contributed by atoms with Crippen LogP contribution < -0.4 is 4.46 Å². The number of esters is 1. The summed E-state index contributed by atoms with van der Waals surface area (Å²) in [4.78, 5) is 13.3. The summed E-state index contributed by atoms with van der Waals surface area (Å²) < 4.78 is 32.6. The molecule has 7 heteroatoms. The van der Waals surface area contributed by atoms with Crippen LogP contribution in [0.2, 0.25) is 24.1 Å². The minimum atomic E-state index is -3.84. The van der Waals surface area contributed by atoms with Gasteiger partial charge >= 0.3 is 182 Å². The van der Waals surface area contributed by atoms with E-state index in [1.807, 2.05) is 18.2 Å². The Morgan fingerprint density at radius 3 is 2.17 bits per heavy atom. The van der Waals surface area contributed by atoms with Crippen molar-refractivity contribution in [3.05, 3.63) is 60.7 Å². The Balaban J connectivity index is 2.04. The number of carbonyl (C=O) groups excluding carboxylic acids is 1. The Labute approximate surface area is 181 Å². The molecule has 1 aliphatic carbocycles. The molecule has 0 bridgehead atoms. The zero-order valence-electron chi connectivity index (χ0n) is 17.3. The van der Waals surface area contributed by atoms with Gasteiger partial charge in [-0.3, -0.25) is 0 Å². The number of carbonyl (C=O) groups is 1. The third-order valence-electron chi connectivity index (χ3n) is 5.34. The molecule has 0 N–H and O–H groups in total. The Hall–Kier alpha value is -1.40. The maximum absolute atomic E-state index is 13.6. The van der Waals surface area contributed by atoms with Crippen LogP contribution in [0.15, 0.2) is 65.6 Å². The van der Waals surface area contributed by atoms with Crippen molar-refractivity contribution in [2.75, 3.05) is 6.61 Å². The first kappa shape index (κ1) is 22.3. The first-order valence-electron chi connectivity index (χ1n) is 9.83. The van der Waals surface area contributed by atoms with Crippen molar-refractivity contribution in [3.63, 3.8) is 0 Å². The second-order valence-electron chi connectivity index (χ2n) is 8.45. The average molecular weight is 496 g/mol. The fourth-order valence-electron chi connectivity index (χ4n) is 3.84. The Bertz CT molecular complexity index is 957. The van der Waals surface area contributed by atoms with E-state index < -0.39 is 28.6 Å². The summed E-state index contributed by atoms with van der Waals surface area (Å²) in [7, 11) is -5.59. The van der Waals surface area contributed by atoms with Gasteiger partial charge in [0.15, 0.2) is 0 Å². The van der Waals surface area contributed by atoms with Gasteiger partial charge < -0.3 is 0 Å². The van der Waals surface area contributed by atoms with E-state index in [9.17, 15) is 13.2 Å². The summed E-state index contributed by atoms with van der Waals surface area (Å²) in [5.41, 5.74) is 0. The Kier molecular flexibility index (Phi) is 6.44. The second-order valence-corrected chi connectivity index (χ2v) is 19.5. The van der Waals surface area contributed by atoms with Crippen LogP contribution in [-0.2, 0) is 19.4 Å². The summed E-state index contributed by atoms with van der Waals surface area (Å²) in [6.45, 7) is 8.71. The van der Waals surface area contributed by atoms with E-state index in [4.69, 9.17) is 4.74 Å². The Morgan fingerprint density at radius 1 is 1.10 bits per heavy atom. The summed E-state index contributed by atoms with van der Waals surface area (Å²) in [6.07, 6.45) is 0.354. The minimum absolute atomic E-state index is 0.0941. The molecule has 0 aromatic heterocycles. The number of hydrogen-bond acceptors (Lipinski definition) is 4. The third kappa shape index (κ3) is 4.24. The van der Waals surface area contributed by atoms with Gasteiger partial charge in [0.05, 0.1) is 0 Å². The summed E-state index contributed by atoms with van der Waals surface area (Å²) in [5, 5.41) is 0. The molecule has 3 atom stereocenters. The van der Waals surface area contributed by atoms with E-state index in [2.05, 4.69) is 31.8 Å². The molecule has 0 heterocycles. The van der Waals surface area contributed by atoms with Crippen LogP contribution in [0.1, 0.15) is 13.3 Å². The summed E-state index contributed by atoms with van der Waals surface area (Å²) in [5.74, 6) is -0.778. The SMILES string of the molecule is CCOC(=O)[C@@]1(S(=O)(=O)c2ccccc2)C[C@H]1[C@H]([Se]c1ccccc1)[Si](C)(C)C. The molecule has 29 heavy (non-hydrogen) atoms. The molecular weight excluding hydrogens is 467 g/mol. The van der Waals surface area contributed by atoms with Crippen LogP contribution in [0.3, 0.4) is 0 Å². The predicted octanol–water partition coefficient (Wildman–Crippen LogP) is 3.48. The number of benzene rings is 2. The number of ether oxygens (including phenoxy) is 1. The quantitative estimate of drug-likeness (QED) is 0.416. The van der Waals surface area contributed by atoms with E-state index in [1.54, 1.807) is 37.3 Å². The molecule has 1 aliphatic rings. The molecule has 3 rings (SSSR count). The van der Waals surface area contributed by atoms with Crippen LogP contribution >= 0.6 is 0 Å². The van der Waals surface area contributed by atoms with Gasteiger partial charge in [0.2, 0.25) is 0 Å². The zero-order valence-corrected chi connectivity index (χ0v) is 20.8. The molecule has 156 valence electrons. The molecular formula is C22H28O4SSeSi. The third-order valence-corrected chi connectivity index (χ3v) is 17.4. The van der Waals surface area contributed by atoms with E-state index in [0.29, 0.717) is 6.42 Å². The molecule has 0 unspecified atom stereocenters. The van der Waals surface area contributed by atoms with E-state index in [0.717, 1.165) is 0 Å². The van der Waals surface area contributed by atoms with Crippen molar-refractivity contribution in [3.8, 4) is 0 Å². The summed E-state index contributed by atoms with van der Waals surface area (Å²) >= 11 is 0.0941. The Morgan fingerprint density at radius 2 is 1.66 bits per heavy atom. The van der Waals surface area contributed by atoms with Crippen molar-refractivity contribution in [1.29, 1.82) is 0 Å². The molecule has 0 radical (unpaired) electrons. The number of rotatable bonds is 8. The first-order valence-corrected chi connectivity index (χ1v) is 16.7. The molecule has 0 amide bonds. The fraction of sp³-hybridized carbons (Fsp3) is 0.409. The van der Waals surface area contributed by atoms with Crippen molar-refractivity contribution >= 4 is 43.3 Å². The van der Waals surface area contributed by atoms with Crippen LogP contribution in [0, 0.1) is 5.92 Å². The van der Waals surface area contributed by atoms with E-state index in [-0.39, 0.29) is 36.8 Å². The van der Waals surface area contributed by atoms with Crippen LogP contribution in [0.25, 0.3) is 0 Å². The van der Waals surface area contributed by atoms with Gasteiger partial charge in [-0.25, -0.2) is 0 Å². The van der Waals surface area contributed by atoms with Crippen LogP contribution in [0.5, 0.6) is 0 Å². The number of hydrogen-bond donors (Lipinski definition) is 0.